The summed E-state index contributed by atoms with van der Waals surface area (Å²) >= 11 is 6.52. The molecule has 0 aliphatic rings. The molecule has 0 spiro atoms. The lowest BCUT2D eigenvalue weighted by atomic mass is 10.3. The van der Waals surface area contributed by atoms with Crippen molar-refractivity contribution < 1.29 is 22.7 Å². The van der Waals surface area contributed by atoms with Crippen LogP contribution in [0, 0.1) is 0 Å². The predicted molar refractivity (Wildman–Crippen MR) is 95.2 cm³/mol. The zero-order chi connectivity index (χ0) is 20.6. The van der Waals surface area contributed by atoms with E-state index in [1.54, 1.807) is 6.92 Å². The van der Waals surface area contributed by atoms with Gasteiger partial charge in [-0.05, 0) is 6.92 Å². The molecule has 28 heavy (non-hydrogen) atoms. The summed E-state index contributed by atoms with van der Waals surface area (Å²) < 4.78 is 46.1. The summed E-state index contributed by atoms with van der Waals surface area (Å²) in [5.74, 6) is -0.527. The molecule has 0 aliphatic heterocycles. The van der Waals surface area contributed by atoms with Crippen LogP contribution in [0.1, 0.15) is 28.8 Å². The number of nitrogens with zero attached hydrogens (tertiary/aromatic N) is 4. The number of nitrogens with one attached hydrogen (secondary N) is 1. The van der Waals surface area contributed by atoms with Gasteiger partial charge in [-0.15, -0.1) is 0 Å². The number of fused-ring (bicyclic) bond motifs is 1. The van der Waals surface area contributed by atoms with E-state index >= 15 is 0 Å². The molecule has 150 valence electrons. The number of amides is 1. The summed E-state index contributed by atoms with van der Waals surface area (Å²) in [4.78, 5) is 29.1. The first kappa shape index (κ1) is 20.1. The Kier molecular flexibility index (Phi) is 5.35. The molecule has 0 aliphatic carbocycles. The lowest BCUT2D eigenvalue weighted by molar-refractivity contribution is -0.144. The van der Waals surface area contributed by atoms with E-state index in [-0.39, 0.29) is 26.6 Å². The summed E-state index contributed by atoms with van der Waals surface area (Å²) in [6, 6.07) is 1.73. The van der Waals surface area contributed by atoms with Crippen LogP contribution < -0.4 is 15.6 Å². The highest BCUT2D eigenvalue weighted by atomic mass is 35.5. The first-order valence-corrected chi connectivity index (χ1v) is 9.03. The van der Waals surface area contributed by atoms with Gasteiger partial charge in [0.15, 0.2) is 10.8 Å². The summed E-state index contributed by atoms with van der Waals surface area (Å²) in [6.45, 7) is 1.62. The van der Waals surface area contributed by atoms with Gasteiger partial charge in [0.05, 0.1) is 19.3 Å². The first-order chi connectivity index (χ1) is 13.2. The Morgan fingerprint density at radius 1 is 1.39 bits per heavy atom. The van der Waals surface area contributed by atoms with Crippen molar-refractivity contribution in [3.63, 3.8) is 0 Å². The zero-order valence-corrected chi connectivity index (χ0v) is 16.1. The standard InChI is InChI=1S/C15H13ClF3N5O3S/c1-3-20-12(26)11-13(27-2)28-14-21-7(4-10(25)24(11)14)6-23-8(15(17,18)19)5-9(16)22-23/h4-5H,3,6H2,1-2H3,(H,20,26). The number of rotatable bonds is 5. The van der Waals surface area contributed by atoms with Gasteiger partial charge in [0.2, 0.25) is 10.0 Å². The molecule has 0 unspecified atom stereocenters. The highest BCUT2D eigenvalue weighted by molar-refractivity contribution is 7.19. The second kappa shape index (κ2) is 7.43. The van der Waals surface area contributed by atoms with Crippen molar-refractivity contribution in [2.45, 2.75) is 19.6 Å². The van der Waals surface area contributed by atoms with Crippen molar-refractivity contribution in [2.24, 2.45) is 0 Å². The van der Waals surface area contributed by atoms with Gasteiger partial charge in [0.1, 0.15) is 5.69 Å². The highest BCUT2D eigenvalue weighted by Gasteiger charge is 2.36. The molecule has 0 atom stereocenters. The van der Waals surface area contributed by atoms with Crippen molar-refractivity contribution in [3.05, 3.63) is 44.7 Å². The minimum atomic E-state index is -4.67. The fraction of sp³-hybridized carbons (Fsp3) is 0.333. The summed E-state index contributed by atoms with van der Waals surface area (Å²) in [5, 5.41) is 6.00. The van der Waals surface area contributed by atoms with Gasteiger partial charge in [0.25, 0.3) is 11.5 Å². The molecule has 3 aromatic rings. The highest BCUT2D eigenvalue weighted by Crippen LogP contribution is 2.32. The topological polar surface area (TPSA) is 90.5 Å². The number of hydrogen-bond acceptors (Lipinski definition) is 6. The molecule has 8 nitrogen and oxygen atoms in total. The lowest BCUT2D eigenvalue weighted by Crippen LogP contribution is -2.28. The molecule has 0 radical (unpaired) electrons. The number of halogens is 4. The van der Waals surface area contributed by atoms with Crippen LogP contribution in [0.25, 0.3) is 4.96 Å². The molecule has 0 bridgehead atoms. The van der Waals surface area contributed by atoms with E-state index in [4.69, 9.17) is 16.3 Å². The quantitative estimate of drug-likeness (QED) is 0.664. The third-order valence-corrected chi connectivity index (χ3v) is 4.82. The second-order valence-corrected chi connectivity index (χ2v) is 6.84. The normalized spacial score (nSPS) is 11.8. The van der Waals surface area contributed by atoms with Crippen molar-refractivity contribution in [3.8, 4) is 5.06 Å². The van der Waals surface area contributed by atoms with Crippen LogP contribution in [-0.2, 0) is 12.7 Å². The van der Waals surface area contributed by atoms with E-state index < -0.39 is 29.9 Å². The van der Waals surface area contributed by atoms with Crippen LogP contribution in [0.3, 0.4) is 0 Å². The molecule has 3 heterocycles. The van der Waals surface area contributed by atoms with Crippen LogP contribution in [0.2, 0.25) is 5.15 Å². The fourth-order valence-electron chi connectivity index (χ4n) is 2.55. The number of hydrogen-bond donors (Lipinski definition) is 1. The molecule has 13 heteroatoms. The minimum absolute atomic E-state index is 0.0217. The fourth-order valence-corrected chi connectivity index (χ4v) is 3.71. The average molecular weight is 436 g/mol. The molecule has 0 fully saturated rings. The van der Waals surface area contributed by atoms with E-state index in [1.807, 2.05) is 0 Å². The molecule has 3 rings (SSSR count). The van der Waals surface area contributed by atoms with Crippen molar-refractivity contribution in [1.29, 1.82) is 0 Å². The van der Waals surface area contributed by atoms with E-state index in [0.29, 0.717) is 17.3 Å². The molecule has 1 N–H and O–H groups in total. The van der Waals surface area contributed by atoms with E-state index in [9.17, 15) is 22.8 Å². The maximum Gasteiger partial charge on any atom is 0.433 e. The van der Waals surface area contributed by atoms with Gasteiger partial charge in [-0.2, -0.15) is 18.3 Å². The Hall–Kier alpha value is -2.60. The summed E-state index contributed by atoms with van der Waals surface area (Å²) in [5.41, 5.74) is -1.69. The largest absolute Gasteiger partial charge is 0.485 e. The first-order valence-electron chi connectivity index (χ1n) is 7.84. The maximum absolute atomic E-state index is 13.1. The second-order valence-electron chi connectivity index (χ2n) is 5.51. The van der Waals surface area contributed by atoms with Gasteiger partial charge >= 0.3 is 6.18 Å². The van der Waals surface area contributed by atoms with Crippen LogP contribution in [0.5, 0.6) is 5.06 Å². The van der Waals surface area contributed by atoms with Gasteiger partial charge in [-0.1, -0.05) is 22.9 Å². The molecule has 1 amide bonds. The van der Waals surface area contributed by atoms with Crippen molar-refractivity contribution in [1.82, 2.24) is 24.5 Å². The Balaban J connectivity index is 2.09. The molecule has 0 saturated carbocycles. The zero-order valence-electron chi connectivity index (χ0n) is 14.5. The number of carbonyl (C=O) groups is 1. The van der Waals surface area contributed by atoms with Crippen LogP contribution >= 0.6 is 22.9 Å². The molecule has 0 saturated heterocycles. The number of carbonyl (C=O) groups excluding carboxylic acids is 1. The van der Waals surface area contributed by atoms with Gasteiger partial charge in [0, 0.05) is 18.7 Å². The number of ether oxygens (including phenoxy) is 1. The molecular weight excluding hydrogens is 423 g/mol. The predicted octanol–water partition coefficient (Wildman–Crippen LogP) is 2.43. The van der Waals surface area contributed by atoms with E-state index in [2.05, 4.69) is 15.4 Å². The SMILES string of the molecule is CCNC(=O)c1c(OC)sc2nc(Cn3nc(Cl)cc3C(F)(F)F)cc(=O)n12. The molecular formula is C15H13ClF3N5O3S. The van der Waals surface area contributed by atoms with Gasteiger partial charge in [-0.3, -0.25) is 14.3 Å². The monoisotopic (exact) mass is 435 g/mol. The number of methoxy groups -OCH3 is 1. The Morgan fingerprint density at radius 3 is 2.71 bits per heavy atom. The van der Waals surface area contributed by atoms with Crippen molar-refractivity contribution in [2.75, 3.05) is 13.7 Å². The smallest absolute Gasteiger partial charge is 0.433 e. The Labute approximate surface area is 164 Å². The summed E-state index contributed by atoms with van der Waals surface area (Å²) in [6.07, 6.45) is -4.67. The Morgan fingerprint density at radius 2 is 2.11 bits per heavy atom. The number of thiazole rings is 1. The third-order valence-electron chi connectivity index (χ3n) is 3.63. The summed E-state index contributed by atoms with van der Waals surface area (Å²) in [7, 11) is 1.33. The van der Waals surface area contributed by atoms with E-state index in [1.165, 1.54) is 7.11 Å². The van der Waals surface area contributed by atoms with Gasteiger partial charge in [-0.25, -0.2) is 9.38 Å². The maximum atomic E-state index is 13.1. The Bertz CT molecular complexity index is 1100. The lowest BCUT2D eigenvalue weighted by Gasteiger charge is -2.09. The average Bonchev–Trinajstić information content (AvgIpc) is 3.15. The molecule has 0 aromatic carbocycles. The van der Waals surface area contributed by atoms with Crippen LogP contribution in [0.15, 0.2) is 16.9 Å². The van der Waals surface area contributed by atoms with Gasteiger partial charge < -0.3 is 10.1 Å². The van der Waals surface area contributed by atoms with Crippen LogP contribution in [0.4, 0.5) is 13.2 Å². The van der Waals surface area contributed by atoms with Crippen LogP contribution in [-0.4, -0.2) is 38.7 Å². The number of alkyl halides is 3. The minimum Gasteiger partial charge on any atom is -0.485 e. The van der Waals surface area contributed by atoms with Crippen molar-refractivity contribution >= 4 is 33.8 Å². The third kappa shape index (κ3) is 3.69. The van der Waals surface area contributed by atoms with E-state index in [0.717, 1.165) is 21.8 Å². The number of aromatic nitrogens is 4. The molecule has 3 aromatic heterocycles.